The smallest absolute Gasteiger partial charge is 0.341 e. The fourth-order valence-electron chi connectivity index (χ4n) is 5.00. The maximum atomic E-state index is 13.9. The molecule has 0 radical (unpaired) electrons. The Bertz CT molecular complexity index is 1700. The Hall–Kier alpha value is -3.35. The molecule has 0 fully saturated rings. The van der Waals surface area contributed by atoms with Gasteiger partial charge in [0.2, 0.25) is 5.91 Å². The third-order valence-corrected chi connectivity index (χ3v) is 10.5. The highest BCUT2D eigenvalue weighted by Crippen LogP contribution is 2.36. The molecule has 1 aromatic carbocycles. The molecule has 216 valence electrons. The molecule has 0 atom stereocenters. The summed E-state index contributed by atoms with van der Waals surface area (Å²) in [7, 11) is 4.50. The minimum absolute atomic E-state index is 0.0238. The fraction of sp³-hybridized carbons (Fsp3) is 0.379. The third kappa shape index (κ3) is 5.73. The molecular weight excluding hydrogens is 583 g/mol. The molecule has 3 heterocycles. The van der Waals surface area contributed by atoms with E-state index in [2.05, 4.69) is 5.32 Å². The van der Waals surface area contributed by atoms with Gasteiger partial charge in [-0.05, 0) is 68.4 Å². The van der Waals surface area contributed by atoms with Gasteiger partial charge in [0.1, 0.15) is 9.83 Å². The molecule has 12 heteroatoms. The summed E-state index contributed by atoms with van der Waals surface area (Å²) in [5, 5.41) is 4.52. The van der Waals surface area contributed by atoms with E-state index >= 15 is 0 Å². The third-order valence-electron chi connectivity index (χ3n) is 7.22. The van der Waals surface area contributed by atoms with Gasteiger partial charge in [0.25, 0.3) is 5.56 Å². The van der Waals surface area contributed by atoms with E-state index in [0.29, 0.717) is 45.6 Å². The van der Waals surface area contributed by atoms with Crippen LogP contribution in [0.1, 0.15) is 43.2 Å². The zero-order chi connectivity index (χ0) is 29.3. The fourth-order valence-corrected chi connectivity index (χ4v) is 8.19. The molecule has 3 aromatic heterocycles. The van der Waals surface area contributed by atoms with Crippen molar-refractivity contribution in [1.29, 1.82) is 0 Å². The summed E-state index contributed by atoms with van der Waals surface area (Å²) in [6, 6.07) is 5.70. The lowest BCUT2D eigenvalue weighted by Crippen LogP contribution is -2.25. The van der Waals surface area contributed by atoms with Gasteiger partial charge in [0.05, 0.1) is 38.0 Å². The lowest BCUT2D eigenvalue weighted by molar-refractivity contribution is -0.113. The number of carbonyl (C=O) groups is 2. The summed E-state index contributed by atoms with van der Waals surface area (Å²) in [4.78, 5) is 47.0. The standard InChI is InChI=1S/C29H31N3O6S3/c1-15-16(2)40-25(23(15)28(35)38-5)30-22(33)14-39-29-31-26-24(18-7-6-8-21(18)41-26)27(34)32(29)12-11-17-9-10-19(36-3)20(13-17)37-4/h9-10,13H,6-8,11-12,14H2,1-5H3,(H,30,33). The van der Waals surface area contributed by atoms with Crippen molar-refractivity contribution in [2.75, 3.05) is 32.4 Å². The number of hydrogen-bond donors (Lipinski definition) is 1. The number of methoxy groups -OCH3 is 3. The minimum Gasteiger partial charge on any atom is -0.493 e. The number of thiophene rings is 2. The van der Waals surface area contributed by atoms with E-state index in [-0.39, 0.29) is 17.2 Å². The Kier molecular flexibility index (Phi) is 8.71. The lowest BCUT2D eigenvalue weighted by Gasteiger charge is -2.14. The number of nitrogens with one attached hydrogen (secondary N) is 1. The first-order valence-corrected chi connectivity index (χ1v) is 15.7. The van der Waals surface area contributed by atoms with Gasteiger partial charge < -0.3 is 19.5 Å². The second-order valence-corrected chi connectivity index (χ2v) is 12.9. The highest BCUT2D eigenvalue weighted by Gasteiger charge is 2.25. The number of aryl methyl sites for hydroxylation is 4. The minimum atomic E-state index is -0.489. The van der Waals surface area contributed by atoms with Gasteiger partial charge in [-0.25, -0.2) is 9.78 Å². The average molecular weight is 614 g/mol. The molecule has 1 amide bonds. The number of anilines is 1. The van der Waals surface area contributed by atoms with Crippen molar-refractivity contribution in [2.45, 2.75) is 51.2 Å². The van der Waals surface area contributed by atoms with Crippen LogP contribution in [0.5, 0.6) is 11.5 Å². The molecule has 9 nitrogen and oxygen atoms in total. The van der Waals surface area contributed by atoms with Crippen LogP contribution in [-0.2, 0) is 35.3 Å². The zero-order valence-electron chi connectivity index (χ0n) is 23.5. The topological polar surface area (TPSA) is 109 Å². The predicted molar refractivity (Wildman–Crippen MR) is 164 cm³/mol. The van der Waals surface area contributed by atoms with E-state index in [1.54, 1.807) is 30.1 Å². The highest BCUT2D eigenvalue weighted by molar-refractivity contribution is 7.99. The molecule has 0 spiro atoms. The van der Waals surface area contributed by atoms with Crippen LogP contribution in [0.3, 0.4) is 0 Å². The van der Waals surface area contributed by atoms with E-state index in [1.807, 2.05) is 32.0 Å². The molecule has 0 aliphatic heterocycles. The van der Waals surface area contributed by atoms with Gasteiger partial charge >= 0.3 is 5.97 Å². The summed E-state index contributed by atoms with van der Waals surface area (Å²) < 4.78 is 17.4. The van der Waals surface area contributed by atoms with Crippen molar-refractivity contribution in [3.05, 3.63) is 60.6 Å². The maximum absolute atomic E-state index is 13.9. The Morgan fingerprint density at radius 1 is 1.10 bits per heavy atom. The number of ether oxygens (including phenoxy) is 3. The molecule has 0 saturated carbocycles. The van der Waals surface area contributed by atoms with Gasteiger partial charge in [-0.1, -0.05) is 17.8 Å². The average Bonchev–Trinajstić information content (AvgIpc) is 3.63. The van der Waals surface area contributed by atoms with Crippen molar-refractivity contribution in [3.63, 3.8) is 0 Å². The normalized spacial score (nSPS) is 12.4. The van der Waals surface area contributed by atoms with Gasteiger partial charge in [-0.15, -0.1) is 22.7 Å². The first kappa shape index (κ1) is 29.2. The van der Waals surface area contributed by atoms with Crippen LogP contribution in [-0.4, -0.2) is 48.5 Å². The largest absolute Gasteiger partial charge is 0.493 e. The highest BCUT2D eigenvalue weighted by atomic mass is 32.2. The van der Waals surface area contributed by atoms with Crippen LogP contribution in [0.25, 0.3) is 10.2 Å². The number of aromatic nitrogens is 2. The SMILES string of the molecule is COC(=O)c1c(NC(=O)CSc2nc3sc4c(c3c(=O)n2CCc2ccc(OC)c(OC)c2)CCC4)sc(C)c1C. The number of benzene rings is 1. The molecule has 4 aromatic rings. The van der Waals surface area contributed by atoms with Crippen molar-refractivity contribution < 1.29 is 23.8 Å². The van der Waals surface area contributed by atoms with Crippen LogP contribution in [0.4, 0.5) is 5.00 Å². The summed E-state index contributed by atoms with van der Waals surface area (Å²) in [5.41, 5.74) is 3.18. The number of rotatable bonds is 10. The van der Waals surface area contributed by atoms with Crippen LogP contribution in [0.15, 0.2) is 28.2 Å². The summed E-state index contributed by atoms with van der Waals surface area (Å²) in [6.07, 6.45) is 3.47. The second-order valence-electron chi connectivity index (χ2n) is 9.64. The number of hydrogen-bond acceptors (Lipinski definition) is 10. The van der Waals surface area contributed by atoms with E-state index < -0.39 is 5.97 Å². The van der Waals surface area contributed by atoms with Crippen molar-refractivity contribution in [3.8, 4) is 11.5 Å². The number of nitrogens with zero attached hydrogens (tertiary/aromatic N) is 2. The first-order valence-electron chi connectivity index (χ1n) is 13.1. The van der Waals surface area contributed by atoms with Gasteiger partial charge in [0.15, 0.2) is 16.7 Å². The number of esters is 1. The predicted octanol–water partition coefficient (Wildman–Crippen LogP) is 5.40. The first-order chi connectivity index (χ1) is 19.7. The van der Waals surface area contributed by atoms with Gasteiger partial charge in [-0.3, -0.25) is 14.2 Å². The van der Waals surface area contributed by atoms with Gasteiger partial charge in [-0.2, -0.15) is 0 Å². The summed E-state index contributed by atoms with van der Waals surface area (Å²) >= 11 is 4.13. The molecule has 41 heavy (non-hydrogen) atoms. The van der Waals surface area contributed by atoms with E-state index in [0.717, 1.165) is 45.7 Å². The van der Waals surface area contributed by atoms with Crippen molar-refractivity contribution in [2.24, 2.45) is 0 Å². The molecule has 1 aliphatic rings. The number of carbonyl (C=O) groups excluding carboxylic acids is 2. The van der Waals surface area contributed by atoms with E-state index in [4.69, 9.17) is 19.2 Å². The molecule has 0 saturated heterocycles. The number of fused-ring (bicyclic) bond motifs is 3. The molecule has 1 aliphatic carbocycles. The van der Waals surface area contributed by atoms with Crippen molar-refractivity contribution in [1.82, 2.24) is 9.55 Å². The van der Waals surface area contributed by atoms with Crippen LogP contribution in [0, 0.1) is 13.8 Å². The number of thioether (sulfide) groups is 1. The summed E-state index contributed by atoms with van der Waals surface area (Å²) in [6.45, 7) is 4.12. The Balaban J connectivity index is 1.42. The van der Waals surface area contributed by atoms with Crippen molar-refractivity contribution >= 4 is 61.5 Å². The molecule has 0 unspecified atom stereocenters. The molecule has 1 N–H and O–H groups in total. The molecule has 5 rings (SSSR count). The lowest BCUT2D eigenvalue weighted by atomic mass is 10.1. The Morgan fingerprint density at radius 3 is 2.61 bits per heavy atom. The monoisotopic (exact) mass is 613 g/mol. The Morgan fingerprint density at radius 2 is 1.88 bits per heavy atom. The van der Waals surface area contributed by atoms with Crippen LogP contribution < -0.4 is 20.3 Å². The Labute approximate surface area is 249 Å². The van der Waals surface area contributed by atoms with Crippen LogP contribution >= 0.6 is 34.4 Å². The summed E-state index contributed by atoms with van der Waals surface area (Å²) in [5.74, 6) is 0.501. The van der Waals surface area contributed by atoms with Crippen LogP contribution in [0.2, 0.25) is 0 Å². The molecular formula is C29H31N3O6S3. The number of amides is 1. The quantitative estimate of drug-likeness (QED) is 0.144. The zero-order valence-corrected chi connectivity index (χ0v) is 26.0. The maximum Gasteiger partial charge on any atom is 0.341 e. The molecule has 0 bridgehead atoms. The van der Waals surface area contributed by atoms with E-state index in [1.165, 1.54) is 35.1 Å². The van der Waals surface area contributed by atoms with E-state index in [9.17, 15) is 14.4 Å². The second kappa shape index (κ2) is 12.3. The van der Waals surface area contributed by atoms with Gasteiger partial charge in [0, 0.05) is 16.3 Å².